The lowest BCUT2D eigenvalue weighted by Gasteiger charge is -2.09. The Morgan fingerprint density at radius 2 is 1.33 bits per heavy atom. The summed E-state index contributed by atoms with van der Waals surface area (Å²) >= 11 is 0. The number of aliphatic hydroxyl groups excluding tert-OH is 1. The fourth-order valence-corrected chi connectivity index (χ4v) is 3.38. The lowest BCUT2D eigenvalue weighted by Crippen LogP contribution is -2.19. The first-order chi connectivity index (χ1) is 13.1. The minimum Gasteiger partial charge on any atom is -0.504 e. The average molecular weight is 383 g/mol. The first kappa shape index (κ1) is 25.6. The Labute approximate surface area is 165 Å². The molecule has 1 atom stereocenters. The number of rotatable bonds is 20. The highest BCUT2D eigenvalue weighted by atomic mass is 16.6. The van der Waals surface area contributed by atoms with Crippen molar-refractivity contribution in [1.29, 1.82) is 0 Å². The summed E-state index contributed by atoms with van der Waals surface area (Å²) in [7, 11) is 0. The van der Waals surface area contributed by atoms with Gasteiger partial charge < -0.3 is 5.11 Å². The number of allylic oxidation sites excluding steroid dienone is 2. The Hall–Kier alpha value is -1.39. The molecule has 0 aromatic heterocycles. The minimum absolute atomic E-state index is 0.0676. The first-order valence-electron chi connectivity index (χ1n) is 11.0. The SMILES string of the molecule is CCCCCCCC(CCCCCCCCCCC/C=C(\O)[C]=O)[N+](=O)[O-]. The van der Waals surface area contributed by atoms with Crippen molar-refractivity contribution in [1.82, 2.24) is 0 Å². The lowest BCUT2D eigenvalue weighted by molar-refractivity contribution is -0.524. The van der Waals surface area contributed by atoms with Gasteiger partial charge in [-0.1, -0.05) is 77.6 Å². The van der Waals surface area contributed by atoms with Crippen molar-refractivity contribution >= 4 is 6.29 Å². The van der Waals surface area contributed by atoms with Gasteiger partial charge in [-0.3, -0.25) is 14.9 Å². The summed E-state index contributed by atoms with van der Waals surface area (Å²) in [4.78, 5) is 21.2. The third-order valence-electron chi connectivity index (χ3n) is 5.12. The molecule has 157 valence electrons. The van der Waals surface area contributed by atoms with Crippen molar-refractivity contribution in [3.63, 3.8) is 0 Å². The normalized spacial score (nSPS) is 12.9. The first-order valence-corrected chi connectivity index (χ1v) is 11.0. The molecule has 5 nitrogen and oxygen atoms in total. The van der Waals surface area contributed by atoms with Crippen LogP contribution in [0.1, 0.15) is 116 Å². The van der Waals surface area contributed by atoms with Gasteiger partial charge in [0.2, 0.25) is 6.04 Å². The molecule has 0 amide bonds. The van der Waals surface area contributed by atoms with Crippen LogP contribution in [0.2, 0.25) is 0 Å². The van der Waals surface area contributed by atoms with Gasteiger partial charge in [-0.05, 0) is 31.8 Å². The second-order valence-electron chi connectivity index (χ2n) is 7.59. The third-order valence-corrected chi connectivity index (χ3v) is 5.12. The molecule has 0 aliphatic heterocycles. The van der Waals surface area contributed by atoms with E-state index in [0.29, 0.717) is 0 Å². The molecular weight excluding hydrogens is 342 g/mol. The van der Waals surface area contributed by atoms with Crippen molar-refractivity contribution in [2.24, 2.45) is 0 Å². The van der Waals surface area contributed by atoms with E-state index in [9.17, 15) is 14.9 Å². The molecule has 0 saturated heterocycles. The quantitative estimate of drug-likeness (QED) is 0.0822. The number of unbranched alkanes of at least 4 members (excludes halogenated alkanes) is 13. The summed E-state index contributed by atoms with van der Waals surface area (Å²) in [6, 6.07) is -0.336. The molecule has 1 radical (unpaired) electrons. The molecule has 1 unspecified atom stereocenters. The monoisotopic (exact) mass is 382 g/mol. The Kier molecular flexibility index (Phi) is 18.4. The maximum atomic E-state index is 11.2. The summed E-state index contributed by atoms with van der Waals surface area (Å²) in [5.74, 6) is -0.286. The van der Waals surface area contributed by atoms with Crippen molar-refractivity contribution in [2.75, 3.05) is 0 Å². The van der Waals surface area contributed by atoms with Crippen molar-refractivity contribution in [3.05, 3.63) is 21.9 Å². The van der Waals surface area contributed by atoms with Gasteiger partial charge >= 0.3 is 0 Å². The number of hydrogen-bond acceptors (Lipinski definition) is 4. The molecule has 1 N–H and O–H groups in total. The molecule has 0 spiro atoms. The Bertz CT molecular complexity index is 396. The van der Waals surface area contributed by atoms with E-state index in [-0.39, 0.29) is 16.7 Å². The predicted molar refractivity (Wildman–Crippen MR) is 111 cm³/mol. The van der Waals surface area contributed by atoms with E-state index in [0.717, 1.165) is 57.8 Å². The van der Waals surface area contributed by atoms with E-state index in [1.54, 1.807) is 0 Å². The topological polar surface area (TPSA) is 80.4 Å². The predicted octanol–water partition coefficient (Wildman–Crippen LogP) is 6.83. The molecule has 0 bridgehead atoms. The van der Waals surface area contributed by atoms with Crippen LogP contribution in [-0.4, -0.2) is 22.4 Å². The molecule has 0 saturated carbocycles. The Morgan fingerprint density at radius 1 is 0.889 bits per heavy atom. The van der Waals surface area contributed by atoms with Gasteiger partial charge in [0.05, 0.1) is 0 Å². The molecular formula is C22H40NO4. The molecule has 5 heteroatoms. The van der Waals surface area contributed by atoms with Gasteiger partial charge in [-0.15, -0.1) is 0 Å². The smallest absolute Gasteiger partial charge is 0.270 e. The van der Waals surface area contributed by atoms with E-state index >= 15 is 0 Å². The van der Waals surface area contributed by atoms with E-state index in [1.165, 1.54) is 63.7 Å². The minimum atomic E-state index is -0.336. The lowest BCUT2D eigenvalue weighted by atomic mass is 10.0. The highest BCUT2D eigenvalue weighted by Crippen LogP contribution is 2.16. The van der Waals surface area contributed by atoms with Gasteiger partial charge in [0.1, 0.15) is 0 Å². The fraction of sp³-hybridized carbons (Fsp3) is 0.864. The second-order valence-corrected chi connectivity index (χ2v) is 7.59. The van der Waals surface area contributed by atoms with Gasteiger partial charge in [-0.2, -0.15) is 0 Å². The molecule has 0 aromatic carbocycles. The van der Waals surface area contributed by atoms with Gasteiger partial charge in [0, 0.05) is 17.8 Å². The van der Waals surface area contributed by atoms with E-state index in [2.05, 4.69) is 6.92 Å². The van der Waals surface area contributed by atoms with E-state index in [4.69, 9.17) is 5.11 Å². The van der Waals surface area contributed by atoms with Crippen LogP contribution in [0, 0.1) is 10.1 Å². The summed E-state index contributed by atoms with van der Waals surface area (Å²) in [5.41, 5.74) is 0. The van der Waals surface area contributed by atoms with Crippen LogP contribution in [0.3, 0.4) is 0 Å². The molecule has 0 fully saturated rings. The van der Waals surface area contributed by atoms with Crippen LogP contribution in [0.5, 0.6) is 0 Å². The standard InChI is InChI=1S/C22H40NO4/c1-2-3-4-11-14-17-21(23(26)27)18-15-12-9-7-5-6-8-10-13-16-19-22(25)20-24/h19,21,25H,2-18H2,1H3/b22-19-. The van der Waals surface area contributed by atoms with Crippen molar-refractivity contribution < 1.29 is 14.8 Å². The van der Waals surface area contributed by atoms with E-state index < -0.39 is 0 Å². The maximum Gasteiger partial charge on any atom is 0.270 e. The van der Waals surface area contributed by atoms with Crippen LogP contribution in [-0.2, 0) is 4.79 Å². The number of hydrogen-bond donors (Lipinski definition) is 1. The molecule has 0 rings (SSSR count). The number of nitrogens with zero attached hydrogens (tertiary/aromatic N) is 1. The van der Waals surface area contributed by atoms with E-state index in [1.807, 2.05) is 0 Å². The van der Waals surface area contributed by atoms with Crippen LogP contribution < -0.4 is 0 Å². The Balaban J connectivity index is 3.46. The number of nitro groups is 1. The molecule has 0 aliphatic rings. The van der Waals surface area contributed by atoms with Gasteiger partial charge in [0.25, 0.3) is 6.29 Å². The summed E-state index contributed by atoms with van der Waals surface area (Å²) in [6.07, 6.45) is 21.2. The van der Waals surface area contributed by atoms with Crippen LogP contribution in [0.25, 0.3) is 0 Å². The van der Waals surface area contributed by atoms with Crippen LogP contribution in [0.15, 0.2) is 11.8 Å². The van der Waals surface area contributed by atoms with Crippen LogP contribution in [0.4, 0.5) is 0 Å². The fourth-order valence-electron chi connectivity index (χ4n) is 3.38. The molecule has 0 heterocycles. The maximum absolute atomic E-state index is 11.2. The van der Waals surface area contributed by atoms with Crippen molar-refractivity contribution in [2.45, 2.75) is 122 Å². The third kappa shape index (κ3) is 17.8. The summed E-state index contributed by atoms with van der Waals surface area (Å²) in [6.45, 7) is 2.18. The second kappa shape index (κ2) is 19.4. The molecule has 0 aliphatic carbocycles. The highest BCUT2D eigenvalue weighted by molar-refractivity contribution is 5.70. The highest BCUT2D eigenvalue weighted by Gasteiger charge is 2.18. The van der Waals surface area contributed by atoms with Gasteiger partial charge in [-0.25, -0.2) is 0 Å². The van der Waals surface area contributed by atoms with Crippen molar-refractivity contribution in [3.8, 4) is 0 Å². The summed E-state index contributed by atoms with van der Waals surface area (Å²) < 4.78 is 0. The Morgan fingerprint density at radius 3 is 1.78 bits per heavy atom. The number of aliphatic hydroxyl groups is 1. The average Bonchev–Trinajstić information content (AvgIpc) is 2.66. The number of carbonyl (C=O) groups excluding carboxylic acids is 1. The zero-order valence-electron chi connectivity index (χ0n) is 17.3. The zero-order chi connectivity index (χ0) is 20.2. The zero-order valence-corrected chi connectivity index (χ0v) is 17.3. The summed E-state index contributed by atoms with van der Waals surface area (Å²) in [5, 5.41) is 20.1. The molecule has 0 aromatic rings. The van der Waals surface area contributed by atoms with Gasteiger partial charge in [0.15, 0.2) is 5.76 Å². The van der Waals surface area contributed by atoms with Crippen LogP contribution >= 0.6 is 0 Å². The molecule has 27 heavy (non-hydrogen) atoms. The largest absolute Gasteiger partial charge is 0.504 e.